The summed E-state index contributed by atoms with van der Waals surface area (Å²) >= 11 is 0. The number of benzene rings is 1. The monoisotopic (exact) mass is 268 g/mol. The number of para-hydroxylation sites is 1. The highest BCUT2D eigenvalue weighted by atomic mass is 16.5. The van der Waals surface area contributed by atoms with Gasteiger partial charge in [0, 0.05) is 31.3 Å². The second kappa shape index (κ2) is 5.25. The number of nitrogens with zero attached hydrogens (tertiary/aromatic N) is 1. The summed E-state index contributed by atoms with van der Waals surface area (Å²) in [6.07, 6.45) is 2.80. The third kappa shape index (κ3) is 2.83. The first kappa shape index (κ1) is 13.1. The fourth-order valence-corrected chi connectivity index (χ4v) is 2.65. The average molecular weight is 268 g/mol. The van der Waals surface area contributed by atoms with Gasteiger partial charge in [0.2, 0.25) is 0 Å². The van der Waals surface area contributed by atoms with Crippen LogP contribution < -0.4 is 10.1 Å². The van der Waals surface area contributed by atoms with E-state index < -0.39 is 0 Å². The SMILES string of the molecule is CC1(C)Cc2cccc(CNCc3ccccn3)c2O1. The van der Waals surface area contributed by atoms with Crippen molar-refractivity contribution in [1.82, 2.24) is 10.3 Å². The van der Waals surface area contributed by atoms with E-state index in [1.165, 1.54) is 11.1 Å². The van der Waals surface area contributed by atoms with Crippen molar-refractivity contribution >= 4 is 0 Å². The lowest BCUT2D eigenvalue weighted by Crippen LogP contribution is -2.25. The molecule has 1 N–H and O–H groups in total. The van der Waals surface area contributed by atoms with Gasteiger partial charge in [0.15, 0.2) is 0 Å². The maximum absolute atomic E-state index is 6.07. The zero-order valence-electron chi connectivity index (χ0n) is 12.0. The number of hydrogen-bond acceptors (Lipinski definition) is 3. The first-order valence-electron chi connectivity index (χ1n) is 7.04. The molecular weight excluding hydrogens is 248 g/mol. The second-order valence-electron chi connectivity index (χ2n) is 5.87. The van der Waals surface area contributed by atoms with Gasteiger partial charge in [0.05, 0.1) is 5.69 Å². The van der Waals surface area contributed by atoms with Crippen molar-refractivity contribution < 1.29 is 4.74 Å². The summed E-state index contributed by atoms with van der Waals surface area (Å²) in [4.78, 5) is 4.31. The van der Waals surface area contributed by atoms with Gasteiger partial charge in [0.25, 0.3) is 0 Å². The number of pyridine rings is 1. The Kier molecular flexibility index (Phi) is 3.45. The van der Waals surface area contributed by atoms with Crippen LogP contribution in [0.1, 0.15) is 30.7 Å². The van der Waals surface area contributed by atoms with Gasteiger partial charge in [-0.3, -0.25) is 4.98 Å². The van der Waals surface area contributed by atoms with Crippen LogP contribution >= 0.6 is 0 Å². The number of aromatic nitrogens is 1. The smallest absolute Gasteiger partial charge is 0.127 e. The van der Waals surface area contributed by atoms with Crippen molar-refractivity contribution in [2.75, 3.05) is 0 Å². The first-order valence-corrected chi connectivity index (χ1v) is 7.04. The summed E-state index contributed by atoms with van der Waals surface area (Å²) in [5.74, 6) is 1.06. The van der Waals surface area contributed by atoms with E-state index in [9.17, 15) is 0 Å². The van der Waals surface area contributed by atoms with Crippen LogP contribution in [0.5, 0.6) is 5.75 Å². The lowest BCUT2D eigenvalue weighted by atomic mass is 10.0. The Balaban J connectivity index is 1.66. The highest BCUT2D eigenvalue weighted by Crippen LogP contribution is 2.37. The molecule has 1 aromatic carbocycles. The Bertz CT molecular complexity index is 593. The van der Waals surface area contributed by atoms with Crippen LogP contribution in [0.3, 0.4) is 0 Å². The molecule has 1 aliphatic rings. The van der Waals surface area contributed by atoms with Crippen LogP contribution in [0.2, 0.25) is 0 Å². The third-order valence-corrected chi connectivity index (χ3v) is 3.52. The van der Waals surface area contributed by atoms with Gasteiger partial charge in [-0.15, -0.1) is 0 Å². The van der Waals surface area contributed by atoms with Crippen LogP contribution in [0.4, 0.5) is 0 Å². The molecule has 0 fully saturated rings. The quantitative estimate of drug-likeness (QED) is 0.925. The fraction of sp³-hybridized carbons (Fsp3) is 0.353. The summed E-state index contributed by atoms with van der Waals surface area (Å²) in [6, 6.07) is 12.4. The normalized spacial score (nSPS) is 15.7. The summed E-state index contributed by atoms with van der Waals surface area (Å²) in [5, 5.41) is 3.43. The summed E-state index contributed by atoms with van der Waals surface area (Å²) < 4.78 is 6.07. The maximum atomic E-state index is 6.07. The highest BCUT2D eigenvalue weighted by molar-refractivity contribution is 5.45. The van der Waals surface area contributed by atoms with Crippen LogP contribution in [0.25, 0.3) is 0 Å². The summed E-state index contributed by atoms with van der Waals surface area (Å²) in [6.45, 7) is 5.85. The van der Waals surface area contributed by atoms with E-state index in [0.717, 1.165) is 31.0 Å². The Morgan fingerprint density at radius 1 is 1.15 bits per heavy atom. The van der Waals surface area contributed by atoms with E-state index in [1.54, 1.807) is 0 Å². The molecule has 20 heavy (non-hydrogen) atoms. The third-order valence-electron chi connectivity index (χ3n) is 3.52. The first-order chi connectivity index (χ1) is 9.64. The largest absolute Gasteiger partial charge is 0.487 e. The van der Waals surface area contributed by atoms with E-state index >= 15 is 0 Å². The van der Waals surface area contributed by atoms with Gasteiger partial charge >= 0.3 is 0 Å². The predicted octanol–water partition coefficient (Wildman–Crippen LogP) is 3.08. The van der Waals surface area contributed by atoms with Gasteiger partial charge < -0.3 is 10.1 Å². The zero-order valence-corrected chi connectivity index (χ0v) is 12.0. The summed E-state index contributed by atoms with van der Waals surface area (Å²) in [5.41, 5.74) is 3.51. The minimum Gasteiger partial charge on any atom is -0.487 e. The molecule has 0 amide bonds. The minimum atomic E-state index is -0.0839. The Labute approximate surface area is 120 Å². The van der Waals surface area contributed by atoms with Crippen LogP contribution in [-0.4, -0.2) is 10.6 Å². The van der Waals surface area contributed by atoms with Gasteiger partial charge in [-0.25, -0.2) is 0 Å². The van der Waals surface area contributed by atoms with Crippen LogP contribution in [-0.2, 0) is 19.5 Å². The molecule has 0 aliphatic carbocycles. The molecule has 0 unspecified atom stereocenters. The van der Waals surface area contributed by atoms with Crippen molar-refractivity contribution in [2.24, 2.45) is 0 Å². The predicted molar refractivity (Wildman–Crippen MR) is 79.6 cm³/mol. The molecule has 0 bridgehead atoms. The molecule has 0 radical (unpaired) electrons. The Morgan fingerprint density at radius 2 is 2.05 bits per heavy atom. The van der Waals surface area contributed by atoms with Crippen molar-refractivity contribution in [3.05, 3.63) is 59.4 Å². The lowest BCUT2D eigenvalue weighted by molar-refractivity contribution is 0.137. The standard InChI is InChI=1S/C17H20N2O/c1-17(2)10-13-6-5-7-14(16(13)20-17)11-18-12-15-8-3-4-9-19-15/h3-9,18H,10-12H2,1-2H3. The van der Waals surface area contributed by atoms with E-state index in [2.05, 4.69) is 42.3 Å². The van der Waals surface area contributed by atoms with E-state index in [0.29, 0.717) is 0 Å². The molecule has 0 saturated heterocycles. The van der Waals surface area contributed by atoms with Gasteiger partial charge in [0.1, 0.15) is 11.4 Å². The molecule has 0 saturated carbocycles. The Hall–Kier alpha value is -1.87. The molecule has 2 aromatic rings. The van der Waals surface area contributed by atoms with Gasteiger partial charge in [-0.2, -0.15) is 0 Å². The minimum absolute atomic E-state index is 0.0839. The molecule has 0 spiro atoms. The zero-order chi connectivity index (χ0) is 14.0. The average Bonchev–Trinajstić information content (AvgIpc) is 2.75. The molecule has 3 nitrogen and oxygen atoms in total. The molecule has 0 atom stereocenters. The fourth-order valence-electron chi connectivity index (χ4n) is 2.65. The lowest BCUT2D eigenvalue weighted by Gasteiger charge is -2.18. The highest BCUT2D eigenvalue weighted by Gasteiger charge is 2.31. The van der Waals surface area contributed by atoms with Crippen LogP contribution in [0, 0.1) is 0 Å². The van der Waals surface area contributed by atoms with Crippen molar-refractivity contribution in [2.45, 2.75) is 39.0 Å². The van der Waals surface area contributed by atoms with Crippen molar-refractivity contribution in [3.63, 3.8) is 0 Å². The molecular formula is C17H20N2O. The maximum Gasteiger partial charge on any atom is 0.127 e. The number of nitrogens with one attached hydrogen (secondary N) is 1. The molecule has 104 valence electrons. The molecule has 2 heterocycles. The van der Waals surface area contributed by atoms with E-state index in [-0.39, 0.29) is 5.60 Å². The molecule has 3 rings (SSSR count). The van der Waals surface area contributed by atoms with Crippen molar-refractivity contribution in [3.8, 4) is 5.75 Å². The molecule has 3 heteroatoms. The number of fused-ring (bicyclic) bond motifs is 1. The van der Waals surface area contributed by atoms with Gasteiger partial charge in [-0.05, 0) is 31.5 Å². The van der Waals surface area contributed by atoms with Crippen LogP contribution in [0.15, 0.2) is 42.6 Å². The van der Waals surface area contributed by atoms with E-state index in [4.69, 9.17) is 4.74 Å². The number of rotatable bonds is 4. The second-order valence-corrected chi connectivity index (χ2v) is 5.87. The topological polar surface area (TPSA) is 34.2 Å². The Morgan fingerprint density at radius 3 is 2.85 bits per heavy atom. The van der Waals surface area contributed by atoms with Crippen molar-refractivity contribution in [1.29, 1.82) is 0 Å². The summed E-state index contributed by atoms with van der Waals surface area (Å²) in [7, 11) is 0. The van der Waals surface area contributed by atoms with Gasteiger partial charge in [-0.1, -0.05) is 24.3 Å². The number of hydrogen-bond donors (Lipinski definition) is 1. The van der Waals surface area contributed by atoms with E-state index in [1.807, 2.05) is 24.4 Å². The number of ether oxygens (including phenoxy) is 1. The molecule has 1 aromatic heterocycles. The molecule has 1 aliphatic heterocycles.